The van der Waals surface area contributed by atoms with Gasteiger partial charge in [-0.3, -0.25) is 0 Å². The molecule has 1 heterocycles. The first-order chi connectivity index (χ1) is 7.70. The zero-order chi connectivity index (χ0) is 11.5. The molecule has 0 unspecified atom stereocenters. The van der Waals surface area contributed by atoms with Gasteiger partial charge in [0.15, 0.2) is 5.69 Å². The van der Waals surface area contributed by atoms with Gasteiger partial charge in [-0.05, 0) is 24.3 Å². The minimum atomic E-state index is -1.13. The Morgan fingerprint density at radius 3 is 2.56 bits per heavy atom. The normalized spacial score (nSPS) is 9.69. The highest BCUT2D eigenvalue weighted by molar-refractivity contribution is 5.84. The summed E-state index contributed by atoms with van der Waals surface area (Å²) in [6.07, 6.45) is 1.31. The Balaban J connectivity index is 2.36. The van der Waals surface area contributed by atoms with Gasteiger partial charge in [-0.15, -0.1) is 5.10 Å². The number of aromatic carboxylic acids is 1. The lowest BCUT2D eigenvalue weighted by molar-refractivity contribution is 0.0690. The maximum absolute atomic E-state index is 10.6. The molecule has 16 heavy (non-hydrogen) atoms. The molecule has 0 aliphatic carbocycles. The molecule has 0 fully saturated rings. The molecule has 0 bridgehead atoms. The van der Waals surface area contributed by atoms with Crippen molar-refractivity contribution >= 4 is 5.97 Å². The molecule has 0 aliphatic heterocycles. The number of carboxylic acids is 1. The number of carboxylic acid groups (broad SMARTS) is 1. The fourth-order valence-corrected chi connectivity index (χ4v) is 1.18. The summed E-state index contributed by atoms with van der Waals surface area (Å²) in [7, 11) is 0. The van der Waals surface area contributed by atoms with E-state index >= 15 is 0 Å². The molecule has 6 heteroatoms. The molecular weight excluding hydrogens is 208 g/mol. The van der Waals surface area contributed by atoms with E-state index < -0.39 is 5.97 Å². The van der Waals surface area contributed by atoms with Gasteiger partial charge in [0.05, 0.1) is 23.5 Å². The Hall–Kier alpha value is -2.68. The van der Waals surface area contributed by atoms with E-state index in [1.165, 1.54) is 10.9 Å². The molecular formula is C10H6N4O2. The fraction of sp³-hybridized carbons (Fsp3) is 0. The van der Waals surface area contributed by atoms with Crippen molar-refractivity contribution in [3.8, 4) is 11.8 Å². The Kier molecular flexibility index (Phi) is 2.36. The van der Waals surface area contributed by atoms with Gasteiger partial charge >= 0.3 is 5.97 Å². The number of rotatable bonds is 2. The summed E-state index contributed by atoms with van der Waals surface area (Å²) in [4.78, 5) is 10.6. The zero-order valence-electron chi connectivity index (χ0n) is 8.03. The highest BCUT2D eigenvalue weighted by Gasteiger charge is 2.08. The van der Waals surface area contributed by atoms with Gasteiger partial charge in [0, 0.05) is 0 Å². The summed E-state index contributed by atoms with van der Waals surface area (Å²) in [5, 5.41) is 24.4. The van der Waals surface area contributed by atoms with Crippen molar-refractivity contribution in [2.24, 2.45) is 0 Å². The highest BCUT2D eigenvalue weighted by atomic mass is 16.4. The van der Waals surface area contributed by atoms with Crippen LogP contribution in [0.3, 0.4) is 0 Å². The first-order valence-corrected chi connectivity index (χ1v) is 4.37. The SMILES string of the molecule is N#Cc1ccc(-n2cc(C(=O)O)nn2)cc1. The van der Waals surface area contributed by atoms with Gasteiger partial charge in [0.25, 0.3) is 0 Å². The number of hydrogen-bond donors (Lipinski definition) is 1. The maximum atomic E-state index is 10.6. The van der Waals surface area contributed by atoms with Crippen molar-refractivity contribution in [2.45, 2.75) is 0 Å². The van der Waals surface area contributed by atoms with Crippen molar-refractivity contribution in [1.29, 1.82) is 5.26 Å². The van der Waals surface area contributed by atoms with E-state index in [-0.39, 0.29) is 5.69 Å². The first-order valence-electron chi connectivity index (χ1n) is 4.37. The number of nitriles is 1. The Labute approximate surface area is 90.4 Å². The van der Waals surface area contributed by atoms with Gasteiger partial charge < -0.3 is 5.11 Å². The van der Waals surface area contributed by atoms with Crippen LogP contribution in [-0.2, 0) is 0 Å². The van der Waals surface area contributed by atoms with E-state index in [0.29, 0.717) is 11.3 Å². The summed E-state index contributed by atoms with van der Waals surface area (Å²) in [6, 6.07) is 8.57. The van der Waals surface area contributed by atoms with E-state index in [1.54, 1.807) is 24.3 Å². The van der Waals surface area contributed by atoms with Crippen LogP contribution in [0.1, 0.15) is 16.1 Å². The lowest BCUT2D eigenvalue weighted by Gasteiger charge is -1.98. The van der Waals surface area contributed by atoms with Crippen LogP contribution in [0.4, 0.5) is 0 Å². The molecule has 1 N–H and O–H groups in total. The molecule has 1 aromatic heterocycles. The van der Waals surface area contributed by atoms with Gasteiger partial charge in [-0.2, -0.15) is 5.26 Å². The second kappa shape index (κ2) is 3.82. The van der Waals surface area contributed by atoms with Crippen LogP contribution in [0, 0.1) is 11.3 Å². The zero-order valence-corrected chi connectivity index (χ0v) is 8.03. The Morgan fingerprint density at radius 1 is 1.38 bits per heavy atom. The molecule has 6 nitrogen and oxygen atoms in total. The third kappa shape index (κ3) is 1.74. The molecule has 0 saturated heterocycles. The van der Waals surface area contributed by atoms with E-state index in [1.807, 2.05) is 6.07 Å². The Morgan fingerprint density at radius 2 is 2.06 bits per heavy atom. The monoisotopic (exact) mass is 214 g/mol. The summed E-state index contributed by atoms with van der Waals surface area (Å²) < 4.78 is 1.34. The van der Waals surface area contributed by atoms with Crippen molar-refractivity contribution in [1.82, 2.24) is 15.0 Å². The standard InChI is InChI=1S/C10H6N4O2/c11-5-7-1-3-8(4-2-7)14-6-9(10(15)16)12-13-14/h1-4,6H,(H,15,16). The summed E-state index contributed by atoms with van der Waals surface area (Å²) in [5.74, 6) is -1.13. The first kappa shape index (κ1) is 9.86. The average Bonchev–Trinajstić information content (AvgIpc) is 2.78. The average molecular weight is 214 g/mol. The number of carbonyl (C=O) groups is 1. The van der Waals surface area contributed by atoms with Crippen LogP contribution < -0.4 is 0 Å². The molecule has 0 spiro atoms. The lowest BCUT2D eigenvalue weighted by Crippen LogP contribution is -1.96. The second-order valence-electron chi connectivity index (χ2n) is 3.01. The maximum Gasteiger partial charge on any atom is 0.358 e. The van der Waals surface area contributed by atoms with Crippen molar-refractivity contribution in [2.75, 3.05) is 0 Å². The van der Waals surface area contributed by atoms with Crippen molar-refractivity contribution < 1.29 is 9.90 Å². The molecule has 2 aromatic rings. The minimum absolute atomic E-state index is 0.121. The summed E-state index contributed by atoms with van der Waals surface area (Å²) >= 11 is 0. The molecule has 0 aliphatic rings. The topological polar surface area (TPSA) is 91.8 Å². The molecule has 0 saturated carbocycles. The molecule has 0 amide bonds. The van der Waals surface area contributed by atoms with Crippen LogP contribution in [0.5, 0.6) is 0 Å². The van der Waals surface area contributed by atoms with Gasteiger partial charge in [0.2, 0.25) is 0 Å². The van der Waals surface area contributed by atoms with Crippen LogP contribution in [0.15, 0.2) is 30.5 Å². The van der Waals surface area contributed by atoms with Crippen LogP contribution in [-0.4, -0.2) is 26.1 Å². The summed E-state index contributed by atoms with van der Waals surface area (Å²) in [6.45, 7) is 0. The predicted molar refractivity (Wildman–Crippen MR) is 53.0 cm³/mol. The van der Waals surface area contributed by atoms with E-state index in [0.717, 1.165) is 0 Å². The van der Waals surface area contributed by atoms with Crippen LogP contribution >= 0.6 is 0 Å². The van der Waals surface area contributed by atoms with Crippen LogP contribution in [0.25, 0.3) is 5.69 Å². The third-order valence-corrected chi connectivity index (χ3v) is 1.97. The molecule has 78 valence electrons. The minimum Gasteiger partial charge on any atom is -0.476 e. The largest absolute Gasteiger partial charge is 0.476 e. The molecule has 1 aromatic carbocycles. The Bertz CT molecular complexity index is 565. The number of aromatic nitrogens is 3. The van der Waals surface area contributed by atoms with Gasteiger partial charge in [-0.1, -0.05) is 5.21 Å². The van der Waals surface area contributed by atoms with E-state index in [9.17, 15) is 4.79 Å². The molecule has 0 atom stereocenters. The second-order valence-corrected chi connectivity index (χ2v) is 3.01. The number of nitrogens with zero attached hydrogens (tertiary/aromatic N) is 4. The van der Waals surface area contributed by atoms with Gasteiger partial charge in [0.1, 0.15) is 0 Å². The van der Waals surface area contributed by atoms with Crippen molar-refractivity contribution in [3.05, 3.63) is 41.7 Å². The summed E-state index contributed by atoms with van der Waals surface area (Å²) in [5.41, 5.74) is 1.06. The molecule has 2 rings (SSSR count). The van der Waals surface area contributed by atoms with Crippen LogP contribution in [0.2, 0.25) is 0 Å². The van der Waals surface area contributed by atoms with Crippen molar-refractivity contribution in [3.63, 3.8) is 0 Å². The lowest BCUT2D eigenvalue weighted by atomic mass is 10.2. The number of hydrogen-bond acceptors (Lipinski definition) is 4. The van der Waals surface area contributed by atoms with E-state index in [4.69, 9.17) is 10.4 Å². The highest BCUT2D eigenvalue weighted by Crippen LogP contribution is 2.08. The molecule has 0 radical (unpaired) electrons. The van der Waals surface area contributed by atoms with E-state index in [2.05, 4.69) is 10.3 Å². The fourth-order valence-electron chi connectivity index (χ4n) is 1.18. The third-order valence-electron chi connectivity index (χ3n) is 1.97. The smallest absolute Gasteiger partial charge is 0.358 e. The number of benzene rings is 1. The van der Waals surface area contributed by atoms with Gasteiger partial charge in [-0.25, -0.2) is 9.48 Å². The predicted octanol–water partition coefficient (Wildman–Crippen LogP) is 0.837. The quantitative estimate of drug-likeness (QED) is 0.799.